The van der Waals surface area contributed by atoms with Crippen LogP contribution in [0.15, 0.2) is 35.3 Å². The molecule has 116 valence electrons. The molecule has 22 heavy (non-hydrogen) atoms. The Labute approximate surface area is 131 Å². The molecule has 4 aliphatic carbocycles. The monoisotopic (exact) mass is 297 g/mol. The average Bonchev–Trinajstić information content (AvgIpc) is 2.45. The maximum Gasteiger partial charge on any atom is 0.257 e. The zero-order valence-electron chi connectivity index (χ0n) is 12.8. The summed E-state index contributed by atoms with van der Waals surface area (Å²) in [7, 11) is 0. The molecule has 4 bridgehead atoms. The van der Waals surface area contributed by atoms with Crippen LogP contribution in [-0.4, -0.2) is 17.4 Å². The molecule has 0 atom stereocenters. The van der Waals surface area contributed by atoms with Crippen LogP contribution in [0.4, 0.5) is 0 Å². The van der Waals surface area contributed by atoms with Gasteiger partial charge in [0.1, 0.15) is 0 Å². The van der Waals surface area contributed by atoms with Gasteiger partial charge in [-0.15, -0.1) is 0 Å². The van der Waals surface area contributed by atoms with Gasteiger partial charge in [-0.3, -0.25) is 10.1 Å². The second-order valence-electron chi connectivity index (χ2n) is 7.46. The van der Waals surface area contributed by atoms with Gasteiger partial charge >= 0.3 is 0 Å². The summed E-state index contributed by atoms with van der Waals surface area (Å²) in [5.74, 6) is 2.59. The second kappa shape index (κ2) is 5.11. The van der Waals surface area contributed by atoms with Crippen LogP contribution in [-0.2, 0) is 0 Å². The van der Waals surface area contributed by atoms with Gasteiger partial charge < -0.3 is 5.73 Å². The third-order valence-electron chi connectivity index (χ3n) is 5.64. The number of nitrogens with one attached hydrogen (secondary N) is 1. The van der Waals surface area contributed by atoms with E-state index in [0.29, 0.717) is 5.56 Å². The number of carbonyl (C=O) groups excluding carboxylic acids is 1. The largest absolute Gasteiger partial charge is 0.370 e. The van der Waals surface area contributed by atoms with Crippen LogP contribution in [0, 0.1) is 17.8 Å². The summed E-state index contributed by atoms with van der Waals surface area (Å²) in [6.07, 6.45) is 7.60. The number of aliphatic imine (C=N–C) groups is 1. The number of nitrogens with zero attached hydrogens (tertiary/aromatic N) is 1. The van der Waals surface area contributed by atoms with E-state index in [1.54, 1.807) is 12.1 Å². The SMILES string of the molecule is NC(=NC12CC3CC(CC(C3)C1)C2)NC(=O)c1ccccc1. The zero-order chi connectivity index (χ0) is 15.2. The van der Waals surface area contributed by atoms with Gasteiger partial charge in [0, 0.05) is 5.56 Å². The fourth-order valence-corrected chi connectivity index (χ4v) is 5.26. The van der Waals surface area contributed by atoms with Gasteiger partial charge in [-0.05, 0) is 68.4 Å². The first-order valence-electron chi connectivity index (χ1n) is 8.34. The molecule has 0 spiro atoms. The van der Waals surface area contributed by atoms with Crippen molar-refractivity contribution in [1.29, 1.82) is 0 Å². The van der Waals surface area contributed by atoms with E-state index in [2.05, 4.69) is 5.32 Å². The minimum atomic E-state index is -0.174. The Balaban J connectivity index is 1.49. The lowest BCUT2D eigenvalue weighted by Crippen LogP contribution is -2.51. The van der Waals surface area contributed by atoms with Crippen molar-refractivity contribution in [3.05, 3.63) is 35.9 Å². The van der Waals surface area contributed by atoms with Gasteiger partial charge in [0.05, 0.1) is 5.54 Å². The molecule has 0 saturated heterocycles. The molecule has 4 heteroatoms. The number of nitrogens with two attached hydrogens (primary N) is 1. The number of rotatable bonds is 2. The van der Waals surface area contributed by atoms with Crippen LogP contribution in [0.25, 0.3) is 0 Å². The molecule has 0 aromatic heterocycles. The minimum absolute atomic E-state index is 0.00278. The summed E-state index contributed by atoms with van der Waals surface area (Å²) in [4.78, 5) is 17.0. The topological polar surface area (TPSA) is 67.5 Å². The Morgan fingerprint density at radius 1 is 1.05 bits per heavy atom. The van der Waals surface area contributed by atoms with Crippen molar-refractivity contribution in [3.8, 4) is 0 Å². The molecule has 3 N–H and O–H groups in total. The molecule has 0 unspecified atom stereocenters. The van der Waals surface area contributed by atoms with E-state index in [0.717, 1.165) is 37.0 Å². The molecule has 4 aliphatic rings. The van der Waals surface area contributed by atoms with Gasteiger partial charge in [-0.25, -0.2) is 4.99 Å². The van der Waals surface area contributed by atoms with Crippen molar-refractivity contribution in [1.82, 2.24) is 5.32 Å². The Bertz CT molecular complexity index is 573. The average molecular weight is 297 g/mol. The fourth-order valence-electron chi connectivity index (χ4n) is 5.26. The normalized spacial score (nSPS) is 36.4. The smallest absolute Gasteiger partial charge is 0.257 e. The molecule has 1 amide bonds. The highest BCUT2D eigenvalue weighted by molar-refractivity contribution is 6.05. The van der Waals surface area contributed by atoms with Crippen LogP contribution < -0.4 is 11.1 Å². The Kier molecular flexibility index (Phi) is 3.21. The first kappa shape index (κ1) is 13.8. The number of benzene rings is 1. The molecule has 4 fully saturated rings. The van der Waals surface area contributed by atoms with E-state index in [1.165, 1.54) is 19.3 Å². The molecule has 1 aromatic rings. The van der Waals surface area contributed by atoms with Crippen LogP contribution >= 0.6 is 0 Å². The van der Waals surface area contributed by atoms with Crippen LogP contribution in [0.2, 0.25) is 0 Å². The fraction of sp³-hybridized carbons (Fsp3) is 0.556. The molecule has 0 radical (unpaired) electrons. The van der Waals surface area contributed by atoms with Crippen molar-refractivity contribution in [2.45, 2.75) is 44.1 Å². The summed E-state index contributed by atoms with van der Waals surface area (Å²) >= 11 is 0. The summed E-state index contributed by atoms with van der Waals surface area (Å²) in [6, 6.07) is 9.16. The van der Waals surface area contributed by atoms with Crippen LogP contribution in [0.5, 0.6) is 0 Å². The third-order valence-corrected chi connectivity index (χ3v) is 5.64. The van der Waals surface area contributed by atoms with E-state index in [-0.39, 0.29) is 17.4 Å². The van der Waals surface area contributed by atoms with Crippen molar-refractivity contribution in [2.75, 3.05) is 0 Å². The van der Waals surface area contributed by atoms with E-state index in [9.17, 15) is 4.79 Å². The predicted octanol–water partition coefficient (Wildman–Crippen LogP) is 2.70. The molecular formula is C18H23N3O. The lowest BCUT2D eigenvalue weighted by Gasteiger charge is -2.54. The molecule has 0 aliphatic heterocycles. The Hall–Kier alpha value is -1.84. The van der Waals surface area contributed by atoms with E-state index >= 15 is 0 Å². The third kappa shape index (κ3) is 2.51. The maximum atomic E-state index is 12.2. The minimum Gasteiger partial charge on any atom is -0.370 e. The summed E-state index contributed by atoms with van der Waals surface area (Å²) < 4.78 is 0. The van der Waals surface area contributed by atoms with Crippen molar-refractivity contribution >= 4 is 11.9 Å². The van der Waals surface area contributed by atoms with Crippen molar-refractivity contribution in [3.63, 3.8) is 0 Å². The standard InChI is InChI=1S/C18H23N3O/c19-17(20-16(22)15-4-2-1-3-5-15)21-18-9-12-6-13(10-18)8-14(7-12)11-18/h1-5,12-14H,6-11H2,(H3,19,20,21,22). The molecule has 1 aromatic carbocycles. The van der Waals surface area contributed by atoms with Gasteiger partial charge in [0.25, 0.3) is 5.91 Å². The molecular weight excluding hydrogens is 274 g/mol. The summed E-state index contributed by atoms with van der Waals surface area (Å²) in [6.45, 7) is 0. The first-order chi connectivity index (χ1) is 10.6. The van der Waals surface area contributed by atoms with Gasteiger partial charge in [0.15, 0.2) is 5.96 Å². The number of carbonyl (C=O) groups is 1. The summed E-state index contributed by atoms with van der Waals surface area (Å²) in [5, 5.41) is 2.76. The zero-order valence-corrected chi connectivity index (χ0v) is 12.8. The number of amides is 1. The summed E-state index contributed by atoms with van der Waals surface area (Å²) in [5.41, 5.74) is 6.67. The highest BCUT2D eigenvalue weighted by Crippen LogP contribution is 2.57. The maximum absolute atomic E-state index is 12.2. The van der Waals surface area contributed by atoms with E-state index < -0.39 is 0 Å². The highest BCUT2D eigenvalue weighted by Gasteiger charge is 2.51. The first-order valence-corrected chi connectivity index (χ1v) is 8.34. The number of hydrogen-bond acceptors (Lipinski definition) is 2. The lowest BCUT2D eigenvalue weighted by molar-refractivity contribution is 0.00150. The van der Waals surface area contributed by atoms with Gasteiger partial charge in [-0.2, -0.15) is 0 Å². The highest BCUT2D eigenvalue weighted by atomic mass is 16.1. The van der Waals surface area contributed by atoms with Gasteiger partial charge in [-0.1, -0.05) is 18.2 Å². The van der Waals surface area contributed by atoms with Crippen LogP contribution in [0.3, 0.4) is 0 Å². The lowest BCUT2D eigenvalue weighted by atomic mass is 9.53. The van der Waals surface area contributed by atoms with Crippen LogP contribution in [0.1, 0.15) is 48.9 Å². The molecule has 5 rings (SSSR count). The number of hydrogen-bond donors (Lipinski definition) is 2. The number of guanidine groups is 1. The van der Waals surface area contributed by atoms with Gasteiger partial charge in [0.2, 0.25) is 0 Å². The van der Waals surface area contributed by atoms with Crippen molar-refractivity contribution < 1.29 is 4.79 Å². The molecule has 4 nitrogen and oxygen atoms in total. The Morgan fingerprint density at radius 3 is 2.14 bits per heavy atom. The molecule has 0 heterocycles. The van der Waals surface area contributed by atoms with E-state index in [1.807, 2.05) is 18.2 Å². The second-order valence-corrected chi connectivity index (χ2v) is 7.46. The predicted molar refractivity (Wildman–Crippen MR) is 86.4 cm³/mol. The Morgan fingerprint density at radius 2 is 1.59 bits per heavy atom. The molecule has 4 saturated carbocycles. The quantitative estimate of drug-likeness (QED) is 0.651. The van der Waals surface area contributed by atoms with E-state index in [4.69, 9.17) is 10.7 Å². The van der Waals surface area contributed by atoms with Crippen molar-refractivity contribution in [2.24, 2.45) is 28.5 Å².